The highest BCUT2D eigenvalue weighted by Crippen LogP contribution is 2.29. The topological polar surface area (TPSA) is 66.5 Å². The molecule has 0 bridgehead atoms. The summed E-state index contributed by atoms with van der Waals surface area (Å²) >= 11 is -0.398. The Labute approximate surface area is 149 Å². The molecule has 0 unspecified atom stereocenters. The summed E-state index contributed by atoms with van der Waals surface area (Å²) in [7, 11) is -3.52. The van der Waals surface area contributed by atoms with E-state index in [0.29, 0.717) is 18.7 Å². The van der Waals surface area contributed by atoms with Crippen LogP contribution in [-0.4, -0.2) is 43.0 Å². The Kier molecular flexibility index (Phi) is 6.75. The number of rotatable bonds is 6. The van der Waals surface area contributed by atoms with Crippen molar-refractivity contribution in [3.05, 3.63) is 29.8 Å². The predicted molar refractivity (Wildman–Crippen MR) is 89.4 cm³/mol. The van der Waals surface area contributed by atoms with E-state index in [0.717, 1.165) is 19.3 Å². The number of hydrogen-bond acceptors (Lipinski definition) is 4. The molecule has 1 aromatic rings. The van der Waals surface area contributed by atoms with E-state index < -0.39 is 39.0 Å². The number of carbonyl (C=O) groups is 1. The van der Waals surface area contributed by atoms with E-state index in [2.05, 4.69) is 5.32 Å². The summed E-state index contributed by atoms with van der Waals surface area (Å²) in [4.78, 5) is 11.5. The first-order valence-electron chi connectivity index (χ1n) is 7.75. The number of benzene rings is 1. The van der Waals surface area contributed by atoms with Gasteiger partial charge in [-0.3, -0.25) is 4.79 Å². The van der Waals surface area contributed by atoms with Crippen LogP contribution in [0.2, 0.25) is 0 Å². The summed E-state index contributed by atoms with van der Waals surface area (Å²) in [6, 6.07) is 6.01. The third kappa shape index (κ3) is 6.19. The van der Waals surface area contributed by atoms with E-state index in [4.69, 9.17) is 0 Å². The van der Waals surface area contributed by atoms with Gasteiger partial charge in [-0.2, -0.15) is 17.5 Å². The molecule has 1 aliphatic heterocycles. The quantitative estimate of drug-likeness (QED) is 0.803. The van der Waals surface area contributed by atoms with Gasteiger partial charge < -0.3 is 5.32 Å². The van der Waals surface area contributed by atoms with Gasteiger partial charge in [0.15, 0.2) is 0 Å². The average molecular weight is 396 g/mol. The van der Waals surface area contributed by atoms with Crippen molar-refractivity contribution in [1.29, 1.82) is 0 Å². The first-order valence-corrected chi connectivity index (χ1v) is 10.2. The molecular weight excluding hydrogens is 377 g/mol. The number of piperidine rings is 1. The summed E-state index contributed by atoms with van der Waals surface area (Å²) in [6.45, 7) is 1.06. The van der Waals surface area contributed by atoms with Crippen molar-refractivity contribution in [2.75, 3.05) is 18.8 Å². The first kappa shape index (κ1) is 20.1. The van der Waals surface area contributed by atoms with Gasteiger partial charge in [-0.1, -0.05) is 18.6 Å². The predicted octanol–water partition coefficient (Wildman–Crippen LogP) is 2.73. The van der Waals surface area contributed by atoms with Crippen molar-refractivity contribution in [2.45, 2.75) is 36.2 Å². The lowest BCUT2D eigenvalue weighted by Gasteiger charge is -2.25. The number of alkyl halides is 3. The molecule has 10 heteroatoms. The highest BCUT2D eigenvalue weighted by molar-refractivity contribution is 8.00. The lowest BCUT2D eigenvalue weighted by atomic mass is 10.2. The number of nitrogens with zero attached hydrogens (tertiary/aromatic N) is 1. The van der Waals surface area contributed by atoms with Gasteiger partial charge in [-0.15, -0.1) is 0 Å². The number of amides is 1. The normalized spacial score (nSPS) is 16.6. The molecule has 1 fully saturated rings. The van der Waals surface area contributed by atoms with Crippen LogP contribution in [0.25, 0.3) is 0 Å². The van der Waals surface area contributed by atoms with Crippen LogP contribution >= 0.6 is 11.8 Å². The number of carbonyl (C=O) groups excluding carboxylic acids is 1. The van der Waals surface area contributed by atoms with Gasteiger partial charge >= 0.3 is 5.51 Å². The number of hydrogen-bond donors (Lipinski definition) is 1. The number of halogens is 3. The van der Waals surface area contributed by atoms with E-state index >= 15 is 0 Å². The number of sulfonamides is 1. The van der Waals surface area contributed by atoms with Crippen molar-refractivity contribution in [3.8, 4) is 0 Å². The maximum Gasteiger partial charge on any atom is 0.442 e. The second-order valence-corrected chi connectivity index (χ2v) is 8.60. The summed E-state index contributed by atoms with van der Waals surface area (Å²) < 4.78 is 62.5. The van der Waals surface area contributed by atoms with Crippen LogP contribution in [0.15, 0.2) is 29.2 Å². The minimum Gasteiger partial charge on any atom is -0.351 e. The fourth-order valence-corrected chi connectivity index (χ4v) is 4.35. The highest BCUT2D eigenvalue weighted by atomic mass is 32.2. The second kappa shape index (κ2) is 8.41. The summed E-state index contributed by atoms with van der Waals surface area (Å²) in [5.74, 6) is -1.43. The number of thioether (sulfide) groups is 1. The molecule has 0 aliphatic carbocycles. The van der Waals surface area contributed by atoms with Gasteiger partial charge in [-0.05, 0) is 42.3 Å². The lowest BCUT2D eigenvalue weighted by Crippen LogP contribution is -2.35. The maximum atomic E-state index is 12.5. The Bertz CT molecular complexity index is 685. The summed E-state index contributed by atoms with van der Waals surface area (Å²) in [5.41, 5.74) is -3.83. The molecule has 0 saturated carbocycles. The van der Waals surface area contributed by atoms with Crippen molar-refractivity contribution in [1.82, 2.24) is 9.62 Å². The largest absolute Gasteiger partial charge is 0.442 e. The molecule has 1 aromatic carbocycles. The van der Waals surface area contributed by atoms with Gasteiger partial charge in [0.05, 0.1) is 10.6 Å². The molecule has 1 amide bonds. The van der Waals surface area contributed by atoms with Crippen molar-refractivity contribution >= 4 is 27.7 Å². The molecule has 1 aliphatic rings. The maximum absolute atomic E-state index is 12.5. The first-order chi connectivity index (χ1) is 11.7. The van der Waals surface area contributed by atoms with Crippen LogP contribution in [0, 0.1) is 0 Å². The fourth-order valence-electron chi connectivity index (χ4n) is 2.43. The monoisotopic (exact) mass is 396 g/mol. The third-order valence-electron chi connectivity index (χ3n) is 3.73. The zero-order chi connectivity index (χ0) is 18.5. The second-order valence-electron chi connectivity index (χ2n) is 5.62. The van der Waals surface area contributed by atoms with Gasteiger partial charge in [-0.25, -0.2) is 8.42 Å². The van der Waals surface area contributed by atoms with Gasteiger partial charge in [0.1, 0.15) is 0 Å². The van der Waals surface area contributed by atoms with Crippen LogP contribution in [0.5, 0.6) is 0 Å². The van der Waals surface area contributed by atoms with E-state index in [1.54, 1.807) is 12.1 Å². The van der Waals surface area contributed by atoms with Crippen LogP contribution in [-0.2, 0) is 21.4 Å². The van der Waals surface area contributed by atoms with Crippen molar-refractivity contribution in [2.24, 2.45) is 0 Å². The molecule has 0 atom stereocenters. The molecule has 140 valence electrons. The standard InChI is InChI=1S/C15H19F3N2O3S2/c16-15(17,18)24-11-14(21)19-10-12-4-6-13(7-5-12)25(22,23)20-8-2-1-3-9-20/h4-7H,1-3,8-11H2,(H,19,21). The Morgan fingerprint density at radius 1 is 1.12 bits per heavy atom. The zero-order valence-electron chi connectivity index (χ0n) is 13.4. The smallest absolute Gasteiger partial charge is 0.351 e. The Hall–Kier alpha value is -1.26. The zero-order valence-corrected chi connectivity index (χ0v) is 15.0. The molecule has 0 aromatic heterocycles. The van der Waals surface area contributed by atoms with Gasteiger partial charge in [0.2, 0.25) is 15.9 Å². The van der Waals surface area contributed by atoms with Crippen LogP contribution in [0.3, 0.4) is 0 Å². The molecular formula is C15H19F3N2O3S2. The van der Waals surface area contributed by atoms with Crippen LogP contribution in [0.4, 0.5) is 13.2 Å². The third-order valence-corrected chi connectivity index (χ3v) is 6.38. The minimum absolute atomic E-state index is 0.0429. The minimum atomic E-state index is -4.44. The van der Waals surface area contributed by atoms with Gasteiger partial charge in [0.25, 0.3) is 0 Å². The molecule has 0 radical (unpaired) electrons. The van der Waals surface area contributed by atoms with Crippen LogP contribution in [0.1, 0.15) is 24.8 Å². The van der Waals surface area contributed by atoms with E-state index in [1.165, 1.54) is 16.4 Å². The van der Waals surface area contributed by atoms with Crippen molar-refractivity contribution < 1.29 is 26.4 Å². The Morgan fingerprint density at radius 2 is 1.72 bits per heavy atom. The molecule has 1 heterocycles. The fraction of sp³-hybridized carbons (Fsp3) is 0.533. The Balaban J connectivity index is 1.90. The lowest BCUT2D eigenvalue weighted by molar-refractivity contribution is -0.119. The average Bonchev–Trinajstić information content (AvgIpc) is 2.58. The Morgan fingerprint density at radius 3 is 2.28 bits per heavy atom. The van der Waals surface area contributed by atoms with Gasteiger partial charge in [0, 0.05) is 19.6 Å². The van der Waals surface area contributed by atoms with E-state index in [9.17, 15) is 26.4 Å². The summed E-state index contributed by atoms with van der Waals surface area (Å²) in [5, 5.41) is 2.37. The van der Waals surface area contributed by atoms with E-state index in [-0.39, 0.29) is 11.4 Å². The van der Waals surface area contributed by atoms with Crippen molar-refractivity contribution in [3.63, 3.8) is 0 Å². The van der Waals surface area contributed by atoms with E-state index in [1.807, 2.05) is 0 Å². The number of nitrogens with one attached hydrogen (secondary N) is 1. The molecule has 2 rings (SSSR count). The molecule has 25 heavy (non-hydrogen) atoms. The SMILES string of the molecule is O=C(CSC(F)(F)F)NCc1ccc(S(=O)(=O)N2CCCCC2)cc1. The summed E-state index contributed by atoms with van der Waals surface area (Å²) in [6.07, 6.45) is 2.72. The molecule has 5 nitrogen and oxygen atoms in total. The molecule has 0 spiro atoms. The van der Waals surface area contributed by atoms with Crippen LogP contribution < -0.4 is 5.32 Å². The highest BCUT2D eigenvalue weighted by Gasteiger charge is 2.29. The molecule has 1 saturated heterocycles. The molecule has 1 N–H and O–H groups in total.